The van der Waals surface area contributed by atoms with Crippen LogP contribution in [0.25, 0.3) is 0 Å². The van der Waals surface area contributed by atoms with Gasteiger partial charge in [-0.3, -0.25) is 0 Å². The number of benzene rings is 2. The van der Waals surface area contributed by atoms with E-state index in [2.05, 4.69) is 0 Å². The fourth-order valence-corrected chi connectivity index (χ4v) is 1.98. The van der Waals surface area contributed by atoms with Crippen LogP contribution >= 0.6 is 11.6 Å². The molecule has 0 aliphatic heterocycles. The Morgan fingerprint density at radius 3 is 2.28 bits per heavy atom. The molecule has 1 atom stereocenters. The van der Waals surface area contributed by atoms with Gasteiger partial charge in [0.15, 0.2) is 0 Å². The highest BCUT2D eigenvalue weighted by Gasteiger charge is 2.28. The second-order valence-corrected chi connectivity index (χ2v) is 4.68. The van der Waals surface area contributed by atoms with E-state index in [-0.39, 0.29) is 16.3 Å². The van der Waals surface area contributed by atoms with Crippen LogP contribution in [0, 0.1) is 5.82 Å². The second kappa shape index (κ2) is 4.59. The summed E-state index contributed by atoms with van der Waals surface area (Å²) in [4.78, 5) is 0. The molecule has 18 heavy (non-hydrogen) atoms. The van der Waals surface area contributed by atoms with Gasteiger partial charge in [0, 0.05) is 10.6 Å². The van der Waals surface area contributed by atoms with Crippen LogP contribution in [0.15, 0.2) is 42.5 Å². The van der Waals surface area contributed by atoms with Crippen molar-refractivity contribution in [3.8, 4) is 5.75 Å². The lowest BCUT2D eigenvalue weighted by atomic mass is 9.88. The molecule has 0 saturated carbocycles. The predicted octanol–water partition coefficient (Wildman–Crippen LogP) is 3.44. The first-order valence-electron chi connectivity index (χ1n) is 5.38. The molecule has 0 spiro atoms. The van der Waals surface area contributed by atoms with Gasteiger partial charge in [-0.05, 0) is 36.8 Å². The van der Waals surface area contributed by atoms with Crippen LogP contribution in [0.3, 0.4) is 0 Å². The van der Waals surface area contributed by atoms with E-state index in [9.17, 15) is 14.6 Å². The normalized spacial score (nSPS) is 14.2. The Bertz CT molecular complexity index is 565. The van der Waals surface area contributed by atoms with Crippen molar-refractivity contribution in [1.29, 1.82) is 0 Å². The molecule has 0 aliphatic rings. The molecule has 2 rings (SSSR count). The summed E-state index contributed by atoms with van der Waals surface area (Å²) in [6.07, 6.45) is 0. The quantitative estimate of drug-likeness (QED) is 0.874. The molecule has 0 bridgehead atoms. The standard InChI is InChI=1S/C14H12ClFO2/c1-14(18,9-2-5-11(17)6-3-9)12-7-4-10(15)8-13(12)16/h2-8,17-18H,1H3. The fourth-order valence-electron chi connectivity index (χ4n) is 1.83. The monoisotopic (exact) mass is 266 g/mol. The SMILES string of the molecule is CC(O)(c1ccc(O)cc1)c1ccc(Cl)cc1F. The number of phenols is 1. The Morgan fingerprint density at radius 2 is 1.72 bits per heavy atom. The molecule has 94 valence electrons. The molecule has 0 aromatic heterocycles. The van der Waals surface area contributed by atoms with Crippen molar-refractivity contribution in [2.24, 2.45) is 0 Å². The Balaban J connectivity index is 2.50. The van der Waals surface area contributed by atoms with Crippen molar-refractivity contribution in [2.75, 3.05) is 0 Å². The van der Waals surface area contributed by atoms with E-state index >= 15 is 0 Å². The summed E-state index contributed by atoms with van der Waals surface area (Å²) in [6, 6.07) is 10.1. The van der Waals surface area contributed by atoms with Crippen molar-refractivity contribution in [2.45, 2.75) is 12.5 Å². The molecular formula is C14H12ClFO2. The summed E-state index contributed by atoms with van der Waals surface area (Å²) in [5.74, 6) is -0.480. The van der Waals surface area contributed by atoms with E-state index in [4.69, 9.17) is 11.6 Å². The van der Waals surface area contributed by atoms with Gasteiger partial charge in [0.25, 0.3) is 0 Å². The third kappa shape index (κ3) is 2.33. The summed E-state index contributed by atoms with van der Waals surface area (Å²) >= 11 is 5.68. The first-order chi connectivity index (χ1) is 8.41. The van der Waals surface area contributed by atoms with E-state index in [1.165, 1.54) is 31.2 Å². The van der Waals surface area contributed by atoms with Crippen molar-refractivity contribution in [3.63, 3.8) is 0 Å². The molecular weight excluding hydrogens is 255 g/mol. The van der Waals surface area contributed by atoms with Crippen LogP contribution in [0.2, 0.25) is 5.02 Å². The van der Waals surface area contributed by atoms with Crippen molar-refractivity contribution in [1.82, 2.24) is 0 Å². The second-order valence-electron chi connectivity index (χ2n) is 4.24. The van der Waals surface area contributed by atoms with Gasteiger partial charge in [0.1, 0.15) is 17.2 Å². The number of aliphatic hydroxyl groups is 1. The number of halogens is 2. The Kier molecular flexibility index (Phi) is 3.28. The zero-order chi connectivity index (χ0) is 13.3. The topological polar surface area (TPSA) is 40.5 Å². The molecule has 0 aliphatic carbocycles. The number of hydrogen-bond donors (Lipinski definition) is 2. The summed E-state index contributed by atoms with van der Waals surface area (Å²) in [5.41, 5.74) is -0.860. The zero-order valence-electron chi connectivity index (χ0n) is 9.69. The third-order valence-corrected chi connectivity index (χ3v) is 3.12. The van der Waals surface area contributed by atoms with Crippen LogP contribution in [0.5, 0.6) is 5.75 Å². The van der Waals surface area contributed by atoms with Crippen LogP contribution in [0.1, 0.15) is 18.1 Å². The molecule has 0 saturated heterocycles. The van der Waals surface area contributed by atoms with E-state index in [0.717, 1.165) is 6.07 Å². The first kappa shape index (κ1) is 12.9. The molecule has 0 heterocycles. The van der Waals surface area contributed by atoms with Gasteiger partial charge in [0.2, 0.25) is 0 Å². The minimum atomic E-state index is -1.48. The maximum absolute atomic E-state index is 13.8. The number of rotatable bonds is 2. The molecule has 2 N–H and O–H groups in total. The summed E-state index contributed by atoms with van der Waals surface area (Å²) in [6.45, 7) is 1.49. The fraction of sp³-hybridized carbons (Fsp3) is 0.143. The predicted molar refractivity (Wildman–Crippen MR) is 68.2 cm³/mol. The lowest BCUT2D eigenvalue weighted by Crippen LogP contribution is -2.24. The molecule has 0 amide bonds. The van der Waals surface area contributed by atoms with E-state index in [0.29, 0.717) is 5.56 Å². The minimum Gasteiger partial charge on any atom is -0.508 e. The van der Waals surface area contributed by atoms with Crippen LogP contribution in [0.4, 0.5) is 4.39 Å². The summed E-state index contributed by atoms with van der Waals surface area (Å²) < 4.78 is 13.8. The molecule has 2 aromatic rings. The molecule has 0 fully saturated rings. The van der Waals surface area contributed by atoms with Crippen LogP contribution < -0.4 is 0 Å². The number of hydrogen-bond acceptors (Lipinski definition) is 2. The van der Waals surface area contributed by atoms with Gasteiger partial charge >= 0.3 is 0 Å². The summed E-state index contributed by atoms with van der Waals surface area (Å²) in [7, 11) is 0. The highest BCUT2D eigenvalue weighted by atomic mass is 35.5. The van der Waals surface area contributed by atoms with Crippen molar-refractivity contribution >= 4 is 11.6 Å². The van der Waals surface area contributed by atoms with E-state index in [1.54, 1.807) is 12.1 Å². The average Bonchev–Trinajstić information content (AvgIpc) is 2.29. The van der Waals surface area contributed by atoms with E-state index < -0.39 is 11.4 Å². The minimum absolute atomic E-state index is 0.0890. The van der Waals surface area contributed by atoms with Gasteiger partial charge in [-0.1, -0.05) is 29.8 Å². The van der Waals surface area contributed by atoms with Gasteiger partial charge in [0.05, 0.1) is 0 Å². The maximum Gasteiger partial charge on any atom is 0.131 e. The third-order valence-electron chi connectivity index (χ3n) is 2.89. The lowest BCUT2D eigenvalue weighted by molar-refractivity contribution is 0.0979. The zero-order valence-corrected chi connectivity index (χ0v) is 10.4. The average molecular weight is 267 g/mol. The maximum atomic E-state index is 13.8. The Labute approximate surface area is 109 Å². The van der Waals surface area contributed by atoms with Crippen LogP contribution in [-0.4, -0.2) is 10.2 Å². The lowest BCUT2D eigenvalue weighted by Gasteiger charge is -2.25. The summed E-state index contributed by atoms with van der Waals surface area (Å²) in [5, 5.41) is 19.9. The molecule has 0 radical (unpaired) electrons. The van der Waals surface area contributed by atoms with Crippen molar-refractivity contribution in [3.05, 3.63) is 64.4 Å². The number of phenolic OH excluding ortho intramolecular Hbond substituents is 1. The van der Waals surface area contributed by atoms with Gasteiger partial charge in [-0.25, -0.2) is 4.39 Å². The largest absolute Gasteiger partial charge is 0.508 e. The smallest absolute Gasteiger partial charge is 0.131 e. The molecule has 1 unspecified atom stereocenters. The van der Waals surface area contributed by atoms with Gasteiger partial charge in [-0.15, -0.1) is 0 Å². The number of aromatic hydroxyl groups is 1. The Hall–Kier alpha value is -1.58. The Morgan fingerprint density at radius 1 is 1.11 bits per heavy atom. The van der Waals surface area contributed by atoms with Crippen LogP contribution in [-0.2, 0) is 5.60 Å². The first-order valence-corrected chi connectivity index (χ1v) is 5.76. The van der Waals surface area contributed by atoms with Gasteiger partial charge < -0.3 is 10.2 Å². The molecule has 4 heteroatoms. The highest BCUT2D eigenvalue weighted by molar-refractivity contribution is 6.30. The van der Waals surface area contributed by atoms with Gasteiger partial charge in [-0.2, -0.15) is 0 Å². The highest BCUT2D eigenvalue weighted by Crippen LogP contribution is 2.32. The molecule has 2 aromatic carbocycles. The van der Waals surface area contributed by atoms with E-state index in [1.807, 2.05) is 0 Å². The van der Waals surface area contributed by atoms with Crippen molar-refractivity contribution < 1.29 is 14.6 Å². The molecule has 2 nitrogen and oxygen atoms in total.